The Morgan fingerprint density at radius 2 is 1.75 bits per heavy atom. The summed E-state index contributed by atoms with van der Waals surface area (Å²) in [5.74, 6) is 0.0613. The number of likely N-dealkylation sites (N-methyl/N-ethyl adjacent to an activating group) is 1. The topological polar surface area (TPSA) is 58.6 Å². The monoisotopic (exact) mass is 366 g/mol. The lowest BCUT2D eigenvalue weighted by molar-refractivity contribution is -0.116. The van der Waals surface area contributed by atoms with Crippen LogP contribution in [0.25, 0.3) is 0 Å². The fourth-order valence-electron chi connectivity index (χ4n) is 2.02. The van der Waals surface area contributed by atoms with Crippen molar-refractivity contribution in [2.75, 3.05) is 26.0 Å². The van der Waals surface area contributed by atoms with Crippen LogP contribution in [0.1, 0.15) is 10.4 Å². The molecule has 7 heteroatoms. The third kappa shape index (κ3) is 4.63. The van der Waals surface area contributed by atoms with Crippen LogP contribution in [0.5, 0.6) is 5.75 Å². The normalized spacial score (nSPS) is 10.2. The first kappa shape index (κ1) is 18.1. The van der Waals surface area contributed by atoms with Crippen LogP contribution in [0.3, 0.4) is 0 Å². The number of hydrogen-bond acceptors (Lipinski definition) is 3. The van der Waals surface area contributed by atoms with E-state index in [4.69, 9.17) is 27.9 Å². The molecule has 2 aromatic carbocycles. The predicted molar refractivity (Wildman–Crippen MR) is 95.0 cm³/mol. The summed E-state index contributed by atoms with van der Waals surface area (Å²) in [6, 6.07) is 11.5. The van der Waals surface area contributed by atoms with Crippen molar-refractivity contribution in [2.45, 2.75) is 0 Å². The van der Waals surface area contributed by atoms with Crippen molar-refractivity contribution < 1.29 is 14.3 Å². The summed E-state index contributed by atoms with van der Waals surface area (Å²) in [7, 11) is 3.11. The fourth-order valence-corrected chi connectivity index (χ4v) is 2.31. The smallest absolute Gasteiger partial charge is 0.254 e. The minimum Gasteiger partial charge on any atom is -0.497 e. The zero-order chi connectivity index (χ0) is 17.7. The molecule has 0 radical (unpaired) electrons. The molecular formula is C17H16Cl2N2O3. The van der Waals surface area contributed by atoms with Crippen LogP contribution in [0, 0.1) is 0 Å². The van der Waals surface area contributed by atoms with Crippen molar-refractivity contribution in [3.05, 3.63) is 58.1 Å². The molecule has 5 nitrogen and oxygen atoms in total. The van der Waals surface area contributed by atoms with Crippen LogP contribution in [0.2, 0.25) is 10.0 Å². The van der Waals surface area contributed by atoms with Gasteiger partial charge in [0.2, 0.25) is 5.91 Å². The van der Waals surface area contributed by atoms with Crippen LogP contribution in [0.15, 0.2) is 42.5 Å². The van der Waals surface area contributed by atoms with E-state index in [0.717, 1.165) is 0 Å². The van der Waals surface area contributed by atoms with Gasteiger partial charge >= 0.3 is 0 Å². The molecule has 0 fully saturated rings. The van der Waals surface area contributed by atoms with E-state index in [9.17, 15) is 9.59 Å². The number of carbonyl (C=O) groups excluding carboxylic acids is 2. The van der Waals surface area contributed by atoms with Crippen LogP contribution >= 0.6 is 23.2 Å². The molecule has 0 unspecified atom stereocenters. The molecule has 0 aliphatic carbocycles. The molecule has 0 saturated carbocycles. The molecule has 1 N–H and O–H groups in total. The number of benzene rings is 2. The summed E-state index contributed by atoms with van der Waals surface area (Å²) in [5.41, 5.74) is 0.986. The van der Waals surface area contributed by atoms with Crippen molar-refractivity contribution in [1.29, 1.82) is 0 Å². The molecule has 2 rings (SSSR count). The number of nitrogens with zero attached hydrogens (tertiary/aromatic N) is 1. The number of hydrogen-bond donors (Lipinski definition) is 1. The van der Waals surface area contributed by atoms with Gasteiger partial charge in [0.1, 0.15) is 5.75 Å². The van der Waals surface area contributed by atoms with Gasteiger partial charge in [-0.25, -0.2) is 0 Å². The highest BCUT2D eigenvalue weighted by molar-refractivity contribution is 6.42. The molecule has 0 aliphatic rings. The van der Waals surface area contributed by atoms with E-state index >= 15 is 0 Å². The predicted octanol–water partition coefficient (Wildman–Crippen LogP) is 3.71. The number of ether oxygens (including phenoxy) is 1. The van der Waals surface area contributed by atoms with Crippen LogP contribution < -0.4 is 10.1 Å². The summed E-state index contributed by atoms with van der Waals surface area (Å²) in [4.78, 5) is 25.7. The lowest BCUT2D eigenvalue weighted by atomic mass is 10.2. The van der Waals surface area contributed by atoms with E-state index in [0.29, 0.717) is 27.0 Å². The number of halogens is 2. The fraction of sp³-hybridized carbons (Fsp3) is 0.176. The van der Waals surface area contributed by atoms with Gasteiger partial charge in [0.05, 0.1) is 23.7 Å². The second-order valence-electron chi connectivity index (χ2n) is 5.07. The maximum Gasteiger partial charge on any atom is 0.254 e. The Morgan fingerprint density at radius 3 is 2.33 bits per heavy atom. The minimum atomic E-state index is -0.335. The Bertz CT molecular complexity index is 748. The van der Waals surface area contributed by atoms with Crippen molar-refractivity contribution >= 4 is 40.7 Å². The van der Waals surface area contributed by atoms with Gasteiger partial charge in [-0.3, -0.25) is 9.59 Å². The van der Waals surface area contributed by atoms with E-state index in [-0.39, 0.29) is 18.4 Å². The van der Waals surface area contributed by atoms with Gasteiger partial charge in [-0.15, -0.1) is 0 Å². The zero-order valence-electron chi connectivity index (χ0n) is 13.2. The second-order valence-corrected chi connectivity index (χ2v) is 5.88. The molecule has 2 aromatic rings. The lowest BCUT2D eigenvalue weighted by Crippen LogP contribution is -2.34. The van der Waals surface area contributed by atoms with Crippen LogP contribution in [-0.4, -0.2) is 37.4 Å². The molecule has 0 aliphatic heterocycles. The Kier molecular flexibility index (Phi) is 6.06. The largest absolute Gasteiger partial charge is 0.497 e. The zero-order valence-corrected chi connectivity index (χ0v) is 14.7. The third-order valence-electron chi connectivity index (χ3n) is 3.27. The number of nitrogens with one attached hydrogen (secondary N) is 1. The first-order valence-electron chi connectivity index (χ1n) is 7.05. The van der Waals surface area contributed by atoms with Gasteiger partial charge in [0.15, 0.2) is 0 Å². The molecule has 0 saturated heterocycles. The van der Waals surface area contributed by atoms with Crippen LogP contribution in [0.4, 0.5) is 5.69 Å². The van der Waals surface area contributed by atoms with Gasteiger partial charge in [0, 0.05) is 18.3 Å². The highest BCUT2D eigenvalue weighted by Gasteiger charge is 2.15. The molecule has 2 amide bonds. The Labute approximate surface area is 150 Å². The molecule has 0 aromatic heterocycles. The van der Waals surface area contributed by atoms with E-state index in [2.05, 4.69) is 5.32 Å². The number of methoxy groups -OCH3 is 1. The maximum atomic E-state index is 12.3. The Hall–Kier alpha value is -2.24. The van der Waals surface area contributed by atoms with E-state index in [1.807, 2.05) is 0 Å². The summed E-state index contributed by atoms with van der Waals surface area (Å²) >= 11 is 11.7. The molecule has 126 valence electrons. The maximum absolute atomic E-state index is 12.3. The SMILES string of the molecule is COc1ccc(C(=O)N(C)CC(=O)Nc2ccc(Cl)c(Cl)c2)cc1. The highest BCUT2D eigenvalue weighted by Crippen LogP contribution is 2.25. The van der Waals surface area contributed by atoms with Crippen molar-refractivity contribution in [3.8, 4) is 5.75 Å². The highest BCUT2D eigenvalue weighted by atomic mass is 35.5. The number of anilines is 1. The van der Waals surface area contributed by atoms with Crippen molar-refractivity contribution in [2.24, 2.45) is 0 Å². The average molecular weight is 367 g/mol. The molecule has 0 heterocycles. The van der Waals surface area contributed by atoms with Gasteiger partial charge < -0.3 is 15.0 Å². The summed E-state index contributed by atoms with van der Waals surface area (Å²) in [5, 5.41) is 3.42. The standard InChI is InChI=1S/C17H16Cl2N2O3/c1-21(17(23)11-3-6-13(24-2)7-4-11)10-16(22)20-12-5-8-14(18)15(19)9-12/h3-9H,10H2,1-2H3,(H,20,22). The molecular weight excluding hydrogens is 351 g/mol. The van der Waals surface area contributed by atoms with E-state index < -0.39 is 0 Å². The first-order chi connectivity index (χ1) is 11.4. The van der Waals surface area contributed by atoms with Gasteiger partial charge in [-0.05, 0) is 42.5 Å². The van der Waals surface area contributed by atoms with E-state index in [1.165, 1.54) is 4.90 Å². The van der Waals surface area contributed by atoms with E-state index in [1.54, 1.807) is 56.6 Å². The lowest BCUT2D eigenvalue weighted by Gasteiger charge is -2.17. The average Bonchev–Trinajstić information content (AvgIpc) is 2.57. The Morgan fingerprint density at radius 1 is 1.08 bits per heavy atom. The number of carbonyl (C=O) groups is 2. The summed E-state index contributed by atoms with van der Waals surface area (Å²) in [6.45, 7) is -0.0922. The summed E-state index contributed by atoms with van der Waals surface area (Å²) < 4.78 is 5.05. The number of rotatable bonds is 5. The second kappa shape index (κ2) is 8.04. The first-order valence-corrected chi connectivity index (χ1v) is 7.80. The van der Waals surface area contributed by atoms with Crippen LogP contribution in [-0.2, 0) is 4.79 Å². The van der Waals surface area contributed by atoms with Crippen molar-refractivity contribution in [1.82, 2.24) is 4.90 Å². The summed E-state index contributed by atoms with van der Waals surface area (Å²) in [6.07, 6.45) is 0. The molecule has 0 bridgehead atoms. The quantitative estimate of drug-likeness (QED) is 0.877. The molecule has 0 spiro atoms. The molecule has 0 atom stereocenters. The van der Waals surface area contributed by atoms with Gasteiger partial charge in [-0.1, -0.05) is 23.2 Å². The molecule has 24 heavy (non-hydrogen) atoms. The Balaban J connectivity index is 1.96. The van der Waals surface area contributed by atoms with Gasteiger partial charge in [0.25, 0.3) is 5.91 Å². The minimum absolute atomic E-state index is 0.0922. The third-order valence-corrected chi connectivity index (χ3v) is 4.01. The number of amides is 2. The van der Waals surface area contributed by atoms with Crippen molar-refractivity contribution in [3.63, 3.8) is 0 Å². The van der Waals surface area contributed by atoms with Gasteiger partial charge in [-0.2, -0.15) is 0 Å².